The summed E-state index contributed by atoms with van der Waals surface area (Å²) in [5.41, 5.74) is 1.78. The molecule has 2 rings (SSSR count). The van der Waals surface area contributed by atoms with Crippen molar-refractivity contribution in [1.29, 1.82) is 0 Å². The van der Waals surface area contributed by atoms with E-state index in [4.69, 9.17) is 14.2 Å². The van der Waals surface area contributed by atoms with Crippen LogP contribution in [0.2, 0.25) is 0 Å². The lowest BCUT2D eigenvalue weighted by molar-refractivity contribution is -0.114. The molecule has 29 heavy (non-hydrogen) atoms. The molecule has 2 amide bonds. The molecule has 8 nitrogen and oxygen atoms in total. The van der Waals surface area contributed by atoms with E-state index >= 15 is 0 Å². The number of amides is 2. The molecule has 0 aliphatic heterocycles. The number of anilines is 2. The molecule has 0 saturated heterocycles. The molecule has 0 unspecified atom stereocenters. The summed E-state index contributed by atoms with van der Waals surface area (Å²) in [5.74, 6) is 0.244. The van der Waals surface area contributed by atoms with E-state index in [1.54, 1.807) is 38.5 Å². The molecule has 0 fully saturated rings. The molecule has 0 heterocycles. The Hall–Kier alpha value is -3.10. The smallest absolute Gasteiger partial charge is 0.251 e. The summed E-state index contributed by atoms with van der Waals surface area (Å²) in [7, 11) is 3.19. The maximum Gasteiger partial charge on any atom is 0.251 e. The van der Waals surface area contributed by atoms with E-state index in [1.807, 2.05) is 24.3 Å². The molecule has 0 radical (unpaired) electrons. The summed E-state index contributed by atoms with van der Waals surface area (Å²) in [6.45, 7) is 1.89. The Labute approximate surface area is 170 Å². The Balaban J connectivity index is 1.84. The third-order valence-electron chi connectivity index (χ3n) is 3.84. The van der Waals surface area contributed by atoms with E-state index < -0.39 is 0 Å². The van der Waals surface area contributed by atoms with Gasteiger partial charge in [0.1, 0.15) is 12.4 Å². The summed E-state index contributed by atoms with van der Waals surface area (Å²) in [6.07, 6.45) is 0. The van der Waals surface area contributed by atoms with Gasteiger partial charge in [0, 0.05) is 43.8 Å². The molecule has 2 aromatic carbocycles. The maximum atomic E-state index is 12.2. The Morgan fingerprint density at radius 1 is 0.897 bits per heavy atom. The molecule has 0 atom stereocenters. The van der Waals surface area contributed by atoms with E-state index in [2.05, 4.69) is 16.0 Å². The number of benzene rings is 2. The van der Waals surface area contributed by atoms with Crippen molar-refractivity contribution >= 4 is 23.2 Å². The van der Waals surface area contributed by atoms with E-state index in [1.165, 1.54) is 0 Å². The van der Waals surface area contributed by atoms with Crippen LogP contribution < -0.4 is 20.7 Å². The number of methoxy groups -OCH3 is 2. The quantitative estimate of drug-likeness (QED) is 0.472. The number of ether oxygens (including phenoxy) is 3. The number of hydrogen-bond donors (Lipinski definition) is 3. The summed E-state index contributed by atoms with van der Waals surface area (Å²) in [6, 6.07) is 14.1. The van der Waals surface area contributed by atoms with Gasteiger partial charge in [-0.2, -0.15) is 0 Å². The Bertz CT molecular complexity index is 797. The highest BCUT2D eigenvalue weighted by Gasteiger charge is 2.08. The van der Waals surface area contributed by atoms with Gasteiger partial charge in [-0.05, 0) is 30.3 Å². The number of carbonyl (C=O) groups excluding carboxylic acids is 2. The molecule has 0 aliphatic carbocycles. The second kappa shape index (κ2) is 12.4. The third kappa shape index (κ3) is 8.20. The lowest BCUT2D eigenvalue weighted by atomic mass is 10.2. The van der Waals surface area contributed by atoms with Gasteiger partial charge >= 0.3 is 0 Å². The van der Waals surface area contributed by atoms with Crippen LogP contribution in [0, 0.1) is 0 Å². The summed E-state index contributed by atoms with van der Waals surface area (Å²) in [5, 5.41) is 8.57. The van der Waals surface area contributed by atoms with Gasteiger partial charge in [0.25, 0.3) is 5.91 Å². The first-order valence-electron chi connectivity index (χ1n) is 9.25. The molecule has 0 spiro atoms. The largest absolute Gasteiger partial charge is 0.491 e. The van der Waals surface area contributed by atoms with Gasteiger partial charge < -0.3 is 30.2 Å². The highest BCUT2D eigenvalue weighted by atomic mass is 16.5. The molecule has 3 N–H and O–H groups in total. The minimum Gasteiger partial charge on any atom is -0.491 e. The average Bonchev–Trinajstić information content (AvgIpc) is 2.73. The fraction of sp³-hybridized carbons (Fsp3) is 0.333. The van der Waals surface area contributed by atoms with Gasteiger partial charge in [0.15, 0.2) is 0 Å². The minimum atomic E-state index is -0.229. The SMILES string of the molecule is COCCNC(=O)c1cccc(NC(=O)CNc2cccc(OCCOC)c2)c1. The van der Waals surface area contributed by atoms with Gasteiger partial charge in [-0.25, -0.2) is 0 Å². The lowest BCUT2D eigenvalue weighted by Crippen LogP contribution is -2.27. The zero-order chi connectivity index (χ0) is 20.9. The van der Waals surface area contributed by atoms with Crippen LogP contribution in [0.1, 0.15) is 10.4 Å². The highest BCUT2D eigenvalue weighted by molar-refractivity contribution is 5.98. The minimum absolute atomic E-state index is 0.0752. The lowest BCUT2D eigenvalue weighted by Gasteiger charge is -2.11. The monoisotopic (exact) mass is 401 g/mol. The van der Waals surface area contributed by atoms with Crippen molar-refractivity contribution in [2.45, 2.75) is 0 Å². The fourth-order valence-corrected chi connectivity index (χ4v) is 2.43. The van der Waals surface area contributed by atoms with Crippen LogP contribution in [0.15, 0.2) is 48.5 Å². The van der Waals surface area contributed by atoms with Crippen LogP contribution in [0.3, 0.4) is 0 Å². The molecule has 156 valence electrons. The number of carbonyl (C=O) groups is 2. The third-order valence-corrected chi connectivity index (χ3v) is 3.84. The molecule has 8 heteroatoms. The first kappa shape index (κ1) is 22.2. The Morgan fingerprint density at radius 3 is 2.45 bits per heavy atom. The summed E-state index contributed by atoms with van der Waals surface area (Å²) in [4.78, 5) is 24.3. The van der Waals surface area contributed by atoms with Crippen LogP contribution in [0.25, 0.3) is 0 Å². The predicted octanol–water partition coefficient (Wildman–Crippen LogP) is 2.14. The van der Waals surface area contributed by atoms with Crippen molar-refractivity contribution in [2.75, 3.05) is 57.8 Å². The van der Waals surface area contributed by atoms with Crippen molar-refractivity contribution < 1.29 is 23.8 Å². The first-order valence-corrected chi connectivity index (χ1v) is 9.25. The zero-order valence-corrected chi connectivity index (χ0v) is 16.7. The second-order valence-electron chi connectivity index (χ2n) is 6.10. The van der Waals surface area contributed by atoms with Gasteiger partial charge in [-0.1, -0.05) is 12.1 Å². The molecule has 0 aliphatic rings. The van der Waals surface area contributed by atoms with Crippen LogP contribution >= 0.6 is 0 Å². The van der Waals surface area contributed by atoms with Gasteiger partial charge in [-0.3, -0.25) is 9.59 Å². The van der Waals surface area contributed by atoms with Crippen LogP contribution in [0.5, 0.6) is 5.75 Å². The van der Waals surface area contributed by atoms with E-state index in [9.17, 15) is 9.59 Å². The Kier molecular flexibility index (Phi) is 9.47. The second-order valence-corrected chi connectivity index (χ2v) is 6.10. The number of hydrogen-bond acceptors (Lipinski definition) is 6. The van der Waals surface area contributed by atoms with Crippen molar-refractivity contribution in [2.24, 2.45) is 0 Å². The number of nitrogens with one attached hydrogen (secondary N) is 3. The van der Waals surface area contributed by atoms with Crippen molar-refractivity contribution in [1.82, 2.24) is 5.32 Å². The maximum absolute atomic E-state index is 12.2. The Morgan fingerprint density at radius 2 is 1.66 bits per heavy atom. The van der Waals surface area contributed by atoms with Crippen molar-refractivity contribution in [3.05, 3.63) is 54.1 Å². The molecule has 0 aromatic heterocycles. The molecule has 0 saturated carbocycles. The van der Waals surface area contributed by atoms with Gasteiger partial charge in [-0.15, -0.1) is 0 Å². The molecular weight excluding hydrogens is 374 g/mol. The van der Waals surface area contributed by atoms with E-state index in [0.717, 1.165) is 5.69 Å². The summed E-state index contributed by atoms with van der Waals surface area (Å²) < 4.78 is 15.4. The average molecular weight is 401 g/mol. The van der Waals surface area contributed by atoms with Crippen LogP contribution in [-0.4, -0.2) is 58.9 Å². The van der Waals surface area contributed by atoms with E-state index in [-0.39, 0.29) is 18.4 Å². The number of rotatable bonds is 12. The predicted molar refractivity (Wildman–Crippen MR) is 112 cm³/mol. The van der Waals surface area contributed by atoms with Crippen LogP contribution in [-0.2, 0) is 14.3 Å². The zero-order valence-electron chi connectivity index (χ0n) is 16.7. The molecule has 0 bridgehead atoms. The van der Waals surface area contributed by atoms with Crippen molar-refractivity contribution in [3.8, 4) is 5.75 Å². The van der Waals surface area contributed by atoms with Crippen molar-refractivity contribution in [3.63, 3.8) is 0 Å². The normalized spacial score (nSPS) is 10.3. The molecule has 2 aromatic rings. The topological polar surface area (TPSA) is 97.9 Å². The summed E-state index contributed by atoms with van der Waals surface area (Å²) >= 11 is 0. The standard InChI is InChI=1S/C21H27N3O5/c1-27-10-9-22-21(26)16-5-3-7-18(13-16)24-20(25)15-23-17-6-4-8-19(14-17)29-12-11-28-2/h3-8,13-14,23H,9-12,15H2,1-2H3,(H,22,26)(H,24,25). The fourth-order valence-electron chi connectivity index (χ4n) is 2.43. The molecular formula is C21H27N3O5. The first-order chi connectivity index (χ1) is 14.1. The van der Waals surface area contributed by atoms with Gasteiger partial charge in [0.05, 0.1) is 19.8 Å². The highest BCUT2D eigenvalue weighted by Crippen LogP contribution is 2.17. The van der Waals surface area contributed by atoms with E-state index in [0.29, 0.717) is 43.4 Å². The van der Waals surface area contributed by atoms with Gasteiger partial charge in [0.2, 0.25) is 5.91 Å². The van der Waals surface area contributed by atoms with Crippen LogP contribution in [0.4, 0.5) is 11.4 Å².